The predicted octanol–water partition coefficient (Wildman–Crippen LogP) is -0.163. The minimum Gasteiger partial charge on any atom is -0.480 e. The molecule has 1 atom stereocenters. The van der Waals surface area contributed by atoms with Crippen molar-refractivity contribution in [2.45, 2.75) is 26.3 Å². The van der Waals surface area contributed by atoms with Crippen molar-refractivity contribution in [1.29, 1.82) is 0 Å². The van der Waals surface area contributed by atoms with Crippen LogP contribution in [0.3, 0.4) is 0 Å². The molecule has 1 aromatic rings. The summed E-state index contributed by atoms with van der Waals surface area (Å²) in [6, 6.07) is 2.02. The number of hydrogen-bond donors (Lipinski definition) is 3. The molecule has 0 saturated carbocycles. The van der Waals surface area contributed by atoms with Gasteiger partial charge in [0, 0.05) is 33.0 Å². The van der Waals surface area contributed by atoms with Gasteiger partial charge in [-0.05, 0) is 19.1 Å². The fraction of sp³-hybridized carbons (Fsp3) is 0.467. The van der Waals surface area contributed by atoms with Crippen LogP contribution in [-0.2, 0) is 14.4 Å². The van der Waals surface area contributed by atoms with Crippen LogP contribution in [0, 0.1) is 0 Å². The highest BCUT2D eigenvalue weighted by Crippen LogP contribution is 2.03. The van der Waals surface area contributed by atoms with E-state index in [4.69, 9.17) is 9.52 Å². The lowest BCUT2D eigenvalue weighted by Crippen LogP contribution is -2.47. The van der Waals surface area contributed by atoms with Gasteiger partial charge >= 0.3 is 5.97 Å². The molecule has 1 aromatic heterocycles. The maximum Gasteiger partial charge on any atom is 0.326 e. The van der Waals surface area contributed by atoms with Crippen LogP contribution in [0.15, 0.2) is 22.8 Å². The highest BCUT2D eigenvalue weighted by molar-refractivity contribution is 5.91. The Bertz CT molecular complexity index is 584. The second kappa shape index (κ2) is 9.33. The molecule has 3 N–H and O–H groups in total. The predicted molar refractivity (Wildman–Crippen MR) is 83.2 cm³/mol. The van der Waals surface area contributed by atoms with Crippen molar-refractivity contribution >= 4 is 23.7 Å². The summed E-state index contributed by atoms with van der Waals surface area (Å²) < 4.78 is 4.92. The summed E-state index contributed by atoms with van der Waals surface area (Å²) in [5.41, 5.74) is 0. The molecule has 0 spiro atoms. The van der Waals surface area contributed by atoms with Crippen LogP contribution in [0.1, 0.15) is 30.8 Å². The SMILES string of the molecule is CC(=O)NCCN(C(=O)CCNC(=O)c1ccco1)C(C)C(=O)O. The van der Waals surface area contributed by atoms with Crippen LogP contribution in [0.4, 0.5) is 0 Å². The Kier molecular flexibility index (Phi) is 7.47. The Balaban J connectivity index is 2.52. The van der Waals surface area contributed by atoms with Gasteiger partial charge in [-0.2, -0.15) is 0 Å². The smallest absolute Gasteiger partial charge is 0.326 e. The Morgan fingerprint density at radius 2 is 1.96 bits per heavy atom. The number of carbonyl (C=O) groups is 4. The third kappa shape index (κ3) is 6.11. The second-order valence-corrected chi connectivity index (χ2v) is 5.07. The molecule has 132 valence electrons. The van der Waals surface area contributed by atoms with Crippen molar-refractivity contribution in [1.82, 2.24) is 15.5 Å². The van der Waals surface area contributed by atoms with E-state index in [0.717, 1.165) is 4.90 Å². The van der Waals surface area contributed by atoms with Crippen molar-refractivity contribution in [2.24, 2.45) is 0 Å². The lowest BCUT2D eigenvalue weighted by atomic mass is 10.2. The molecule has 0 fully saturated rings. The number of rotatable bonds is 9. The molecule has 1 heterocycles. The summed E-state index contributed by atoms with van der Waals surface area (Å²) in [6.45, 7) is 2.98. The average molecular weight is 339 g/mol. The Hall–Kier alpha value is -2.84. The standard InChI is InChI=1S/C15H21N3O6/c1-10(15(22)23)18(8-7-16-11(2)19)13(20)5-6-17-14(21)12-4-3-9-24-12/h3-4,9-10H,5-8H2,1-2H3,(H,16,19)(H,17,21)(H,22,23). The first-order valence-electron chi connectivity index (χ1n) is 7.41. The van der Waals surface area contributed by atoms with Crippen molar-refractivity contribution in [3.05, 3.63) is 24.2 Å². The summed E-state index contributed by atoms with van der Waals surface area (Å²) in [4.78, 5) is 47.0. The van der Waals surface area contributed by atoms with Crippen molar-refractivity contribution in [3.63, 3.8) is 0 Å². The summed E-state index contributed by atoms with van der Waals surface area (Å²) in [5, 5.41) is 14.1. The highest BCUT2D eigenvalue weighted by atomic mass is 16.4. The molecule has 0 aromatic carbocycles. The largest absolute Gasteiger partial charge is 0.480 e. The molecule has 0 aliphatic carbocycles. The van der Waals surface area contributed by atoms with Gasteiger partial charge in [0.25, 0.3) is 5.91 Å². The lowest BCUT2D eigenvalue weighted by Gasteiger charge is -2.26. The molecule has 0 bridgehead atoms. The number of nitrogens with zero attached hydrogens (tertiary/aromatic N) is 1. The van der Waals surface area contributed by atoms with E-state index >= 15 is 0 Å². The topological polar surface area (TPSA) is 129 Å². The van der Waals surface area contributed by atoms with Crippen LogP contribution >= 0.6 is 0 Å². The Morgan fingerprint density at radius 3 is 2.50 bits per heavy atom. The summed E-state index contributed by atoms with van der Waals surface area (Å²) >= 11 is 0. The van der Waals surface area contributed by atoms with E-state index in [2.05, 4.69) is 10.6 Å². The fourth-order valence-corrected chi connectivity index (χ4v) is 1.94. The van der Waals surface area contributed by atoms with Gasteiger partial charge in [0.05, 0.1) is 6.26 Å². The van der Waals surface area contributed by atoms with Gasteiger partial charge in [-0.1, -0.05) is 0 Å². The maximum absolute atomic E-state index is 12.2. The molecule has 0 saturated heterocycles. The number of furan rings is 1. The van der Waals surface area contributed by atoms with E-state index in [-0.39, 0.29) is 37.7 Å². The molecular formula is C15H21N3O6. The number of carboxylic acids is 1. The Labute approximate surface area is 139 Å². The van der Waals surface area contributed by atoms with Crippen molar-refractivity contribution in [3.8, 4) is 0 Å². The summed E-state index contributed by atoms with van der Waals surface area (Å²) in [7, 11) is 0. The Morgan fingerprint density at radius 1 is 1.25 bits per heavy atom. The van der Waals surface area contributed by atoms with Gasteiger partial charge in [0.15, 0.2) is 5.76 Å². The second-order valence-electron chi connectivity index (χ2n) is 5.07. The first-order valence-corrected chi connectivity index (χ1v) is 7.41. The van der Waals surface area contributed by atoms with Gasteiger partial charge in [-0.15, -0.1) is 0 Å². The maximum atomic E-state index is 12.2. The van der Waals surface area contributed by atoms with E-state index in [1.54, 1.807) is 6.07 Å². The van der Waals surface area contributed by atoms with E-state index in [9.17, 15) is 19.2 Å². The number of nitrogens with one attached hydrogen (secondary N) is 2. The third-order valence-corrected chi connectivity index (χ3v) is 3.24. The average Bonchev–Trinajstić information content (AvgIpc) is 3.04. The number of carbonyl (C=O) groups excluding carboxylic acids is 3. The van der Waals surface area contributed by atoms with Gasteiger partial charge < -0.3 is 25.1 Å². The molecule has 9 nitrogen and oxygen atoms in total. The van der Waals surface area contributed by atoms with Crippen molar-refractivity contribution in [2.75, 3.05) is 19.6 Å². The fourth-order valence-electron chi connectivity index (χ4n) is 1.94. The summed E-state index contributed by atoms with van der Waals surface area (Å²) in [6.07, 6.45) is 1.29. The minimum absolute atomic E-state index is 0.0430. The third-order valence-electron chi connectivity index (χ3n) is 3.24. The van der Waals surface area contributed by atoms with E-state index in [0.29, 0.717) is 0 Å². The molecule has 0 radical (unpaired) electrons. The zero-order valence-electron chi connectivity index (χ0n) is 13.6. The molecule has 1 unspecified atom stereocenters. The van der Waals surface area contributed by atoms with Crippen LogP contribution in [0.2, 0.25) is 0 Å². The quantitative estimate of drug-likeness (QED) is 0.573. The normalized spacial score (nSPS) is 11.4. The molecule has 0 aliphatic heterocycles. The van der Waals surface area contributed by atoms with Gasteiger partial charge in [-0.25, -0.2) is 4.79 Å². The molecule has 9 heteroatoms. The van der Waals surface area contributed by atoms with Crippen LogP contribution in [0.25, 0.3) is 0 Å². The van der Waals surface area contributed by atoms with Gasteiger partial charge in [-0.3, -0.25) is 14.4 Å². The van der Waals surface area contributed by atoms with E-state index in [1.807, 2.05) is 0 Å². The molecule has 24 heavy (non-hydrogen) atoms. The first kappa shape index (κ1) is 19.2. The van der Waals surface area contributed by atoms with Crippen LogP contribution < -0.4 is 10.6 Å². The zero-order chi connectivity index (χ0) is 18.1. The number of hydrogen-bond acceptors (Lipinski definition) is 5. The van der Waals surface area contributed by atoms with Gasteiger partial charge in [0.1, 0.15) is 6.04 Å². The van der Waals surface area contributed by atoms with Crippen LogP contribution in [0.5, 0.6) is 0 Å². The number of carboxylic acid groups (broad SMARTS) is 1. The zero-order valence-corrected chi connectivity index (χ0v) is 13.6. The summed E-state index contributed by atoms with van der Waals surface area (Å²) in [5.74, 6) is -2.18. The van der Waals surface area contributed by atoms with Crippen LogP contribution in [-0.4, -0.2) is 59.4 Å². The molecule has 1 rings (SSSR count). The lowest BCUT2D eigenvalue weighted by molar-refractivity contribution is -0.149. The molecule has 3 amide bonds. The van der Waals surface area contributed by atoms with Crippen molar-refractivity contribution < 1.29 is 28.7 Å². The first-order chi connectivity index (χ1) is 11.3. The monoisotopic (exact) mass is 339 g/mol. The van der Waals surface area contributed by atoms with Gasteiger partial charge in [0.2, 0.25) is 11.8 Å². The van der Waals surface area contributed by atoms with E-state index in [1.165, 1.54) is 26.2 Å². The molecular weight excluding hydrogens is 318 g/mol. The minimum atomic E-state index is -1.15. The highest BCUT2D eigenvalue weighted by Gasteiger charge is 2.25. The molecule has 0 aliphatic rings. The number of aliphatic carboxylic acids is 1. The number of amides is 3. The van der Waals surface area contributed by atoms with E-state index < -0.39 is 23.8 Å².